The van der Waals surface area contributed by atoms with E-state index >= 15 is 0 Å². The first-order valence-electron chi connectivity index (χ1n) is 8.67. The zero-order valence-electron chi connectivity index (χ0n) is 14.6. The first-order chi connectivity index (χ1) is 12.5. The number of carbonyl (C=O) groups excluding carboxylic acids is 1. The summed E-state index contributed by atoms with van der Waals surface area (Å²) in [4.78, 5) is 12.2. The summed E-state index contributed by atoms with van der Waals surface area (Å²) in [6, 6.07) is 10.7. The van der Waals surface area contributed by atoms with E-state index in [-0.39, 0.29) is 5.41 Å². The van der Waals surface area contributed by atoms with Crippen molar-refractivity contribution in [1.82, 2.24) is 5.32 Å². The average molecular weight is 360 g/mol. The highest BCUT2D eigenvalue weighted by Crippen LogP contribution is 2.41. The number of hydrogen-bond acceptors (Lipinski definition) is 2. The molecule has 2 aromatic carbocycles. The SMILES string of the molecule is COc1ccc(C2(CNC(=O)Nc3c(F)cccc3F)CCCC2)cc1. The molecule has 0 unspecified atom stereocenters. The maximum absolute atomic E-state index is 13.7. The van der Waals surface area contributed by atoms with Crippen molar-refractivity contribution in [2.24, 2.45) is 0 Å². The Kier molecular flexibility index (Phi) is 5.40. The van der Waals surface area contributed by atoms with E-state index in [4.69, 9.17) is 4.74 Å². The maximum atomic E-state index is 13.7. The summed E-state index contributed by atoms with van der Waals surface area (Å²) >= 11 is 0. The number of rotatable bonds is 5. The van der Waals surface area contributed by atoms with Crippen LogP contribution in [-0.2, 0) is 5.41 Å². The van der Waals surface area contributed by atoms with Crippen LogP contribution in [0.15, 0.2) is 42.5 Å². The molecule has 2 N–H and O–H groups in total. The Bertz CT molecular complexity index is 752. The normalized spacial score (nSPS) is 15.5. The van der Waals surface area contributed by atoms with E-state index in [0.717, 1.165) is 49.1 Å². The van der Waals surface area contributed by atoms with Crippen LogP contribution in [0.1, 0.15) is 31.2 Å². The van der Waals surface area contributed by atoms with Crippen molar-refractivity contribution in [3.05, 3.63) is 59.7 Å². The number of nitrogens with one attached hydrogen (secondary N) is 2. The van der Waals surface area contributed by atoms with Crippen LogP contribution in [0.2, 0.25) is 0 Å². The van der Waals surface area contributed by atoms with E-state index in [0.29, 0.717) is 6.54 Å². The van der Waals surface area contributed by atoms with Gasteiger partial charge in [0.25, 0.3) is 0 Å². The quantitative estimate of drug-likeness (QED) is 0.818. The van der Waals surface area contributed by atoms with Gasteiger partial charge >= 0.3 is 6.03 Å². The average Bonchev–Trinajstić information content (AvgIpc) is 3.13. The second-order valence-corrected chi connectivity index (χ2v) is 6.62. The topological polar surface area (TPSA) is 50.4 Å². The summed E-state index contributed by atoms with van der Waals surface area (Å²) in [6.07, 6.45) is 4.07. The molecule has 26 heavy (non-hydrogen) atoms. The minimum atomic E-state index is -0.800. The van der Waals surface area contributed by atoms with E-state index in [9.17, 15) is 13.6 Å². The molecular formula is C20H22F2N2O2. The minimum Gasteiger partial charge on any atom is -0.497 e. The molecule has 0 bridgehead atoms. The Balaban J connectivity index is 1.69. The van der Waals surface area contributed by atoms with Gasteiger partial charge in [-0.1, -0.05) is 31.0 Å². The van der Waals surface area contributed by atoms with Crippen LogP contribution in [-0.4, -0.2) is 19.7 Å². The van der Waals surface area contributed by atoms with E-state index in [1.807, 2.05) is 24.3 Å². The van der Waals surface area contributed by atoms with E-state index in [1.54, 1.807) is 7.11 Å². The Morgan fingerprint density at radius 2 is 1.69 bits per heavy atom. The smallest absolute Gasteiger partial charge is 0.319 e. The lowest BCUT2D eigenvalue weighted by Gasteiger charge is -2.30. The van der Waals surface area contributed by atoms with Gasteiger partial charge in [-0.15, -0.1) is 0 Å². The highest BCUT2D eigenvalue weighted by atomic mass is 19.1. The zero-order chi connectivity index (χ0) is 18.6. The van der Waals surface area contributed by atoms with Crippen LogP contribution in [0.4, 0.5) is 19.3 Å². The highest BCUT2D eigenvalue weighted by molar-refractivity contribution is 5.89. The molecule has 0 spiro atoms. The summed E-state index contributed by atoms with van der Waals surface area (Å²) in [7, 11) is 1.62. The molecule has 0 aromatic heterocycles. The molecule has 3 rings (SSSR count). The van der Waals surface area contributed by atoms with Crippen molar-refractivity contribution in [3.8, 4) is 5.75 Å². The number of halogens is 2. The predicted molar refractivity (Wildman–Crippen MR) is 96.5 cm³/mol. The fourth-order valence-electron chi connectivity index (χ4n) is 3.59. The third-order valence-electron chi connectivity index (χ3n) is 5.05. The predicted octanol–water partition coefficient (Wildman–Crippen LogP) is 4.61. The van der Waals surface area contributed by atoms with Gasteiger partial charge in [-0.25, -0.2) is 13.6 Å². The molecule has 0 radical (unpaired) electrons. The van der Waals surface area contributed by atoms with Gasteiger partial charge in [0, 0.05) is 12.0 Å². The number of amides is 2. The van der Waals surface area contributed by atoms with Crippen LogP contribution >= 0.6 is 0 Å². The molecule has 2 amide bonds. The number of anilines is 1. The van der Waals surface area contributed by atoms with Crippen LogP contribution in [0.25, 0.3) is 0 Å². The molecule has 1 saturated carbocycles. The van der Waals surface area contributed by atoms with Gasteiger partial charge in [-0.05, 0) is 42.7 Å². The number of carbonyl (C=O) groups is 1. The summed E-state index contributed by atoms with van der Waals surface area (Å²) in [5, 5.41) is 5.05. The molecule has 0 saturated heterocycles. The van der Waals surface area contributed by atoms with E-state index in [1.165, 1.54) is 6.07 Å². The fraction of sp³-hybridized carbons (Fsp3) is 0.350. The molecule has 2 aromatic rings. The highest BCUT2D eigenvalue weighted by Gasteiger charge is 2.36. The zero-order valence-corrected chi connectivity index (χ0v) is 14.6. The Morgan fingerprint density at radius 1 is 1.08 bits per heavy atom. The number of benzene rings is 2. The number of urea groups is 1. The van der Waals surface area contributed by atoms with Gasteiger partial charge in [0.1, 0.15) is 23.1 Å². The third-order valence-corrected chi connectivity index (χ3v) is 5.05. The number of para-hydroxylation sites is 1. The van der Waals surface area contributed by atoms with Crippen molar-refractivity contribution in [3.63, 3.8) is 0 Å². The molecule has 6 heteroatoms. The Hall–Kier alpha value is -2.63. The number of methoxy groups -OCH3 is 1. The summed E-state index contributed by atoms with van der Waals surface area (Å²) in [6.45, 7) is 0.404. The van der Waals surface area contributed by atoms with Crippen LogP contribution in [0.3, 0.4) is 0 Å². The van der Waals surface area contributed by atoms with Gasteiger partial charge in [0.2, 0.25) is 0 Å². The molecule has 1 fully saturated rings. The lowest BCUT2D eigenvalue weighted by Crippen LogP contribution is -2.41. The maximum Gasteiger partial charge on any atom is 0.319 e. The molecule has 0 atom stereocenters. The molecule has 1 aliphatic rings. The van der Waals surface area contributed by atoms with Gasteiger partial charge in [-0.3, -0.25) is 0 Å². The first kappa shape index (κ1) is 18.2. The molecular weight excluding hydrogens is 338 g/mol. The lowest BCUT2D eigenvalue weighted by atomic mass is 9.79. The lowest BCUT2D eigenvalue weighted by molar-refractivity contribution is 0.248. The molecule has 1 aliphatic carbocycles. The fourth-order valence-corrected chi connectivity index (χ4v) is 3.59. The Morgan fingerprint density at radius 3 is 2.27 bits per heavy atom. The second kappa shape index (κ2) is 7.72. The van der Waals surface area contributed by atoms with E-state index in [2.05, 4.69) is 10.6 Å². The van der Waals surface area contributed by atoms with E-state index < -0.39 is 23.4 Å². The van der Waals surface area contributed by atoms with Crippen molar-refractivity contribution in [2.75, 3.05) is 19.0 Å². The van der Waals surface area contributed by atoms with Crippen molar-refractivity contribution >= 4 is 11.7 Å². The standard InChI is InChI=1S/C20H22F2N2O2/c1-26-15-9-7-14(8-10-15)20(11-2-3-12-20)13-23-19(25)24-18-16(21)5-4-6-17(18)22/h4-10H,2-3,11-13H2,1H3,(H2,23,24,25). The first-order valence-corrected chi connectivity index (χ1v) is 8.67. The molecule has 0 aliphatic heterocycles. The second-order valence-electron chi connectivity index (χ2n) is 6.62. The van der Waals surface area contributed by atoms with Crippen LogP contribution < -0.4 is 15.4 Å². The van der Waals surface area contributed by atoms with Gasteiger partial charge in [0.15, 0.2) is 0 Å². The minimum absolute atomic E-state index is 0.169. The number of ether oxygens (including phenoxy) is 1. The van der Waals surface area contributed by atoms with Crippen LogP contribution in [0.5, 0.6) is 5.75 Å². The van der Waals surface area contributed by atoms with Gasteiger partial charge < -0.3 is 15.4 Å². The Labute approximate surface area is 151 Å². The number of hydrogen-bond donors (Lipinski definition) is 2. The van der Waals surface area contributed by atoms with Crippen LogP contribution in [0, 0.1) is 11.6 Å². The summed E-state index contributed by atoms with van der Waals surface area (Å²) in [5.41, 5.74) is 0.528. The molecule has 0 heterocycles. The van der Waals surface area contributed by atoms with Crippen molar-refractivity contribution < 1.29 is 18.3 Å². The van der Waals surface area contributed by atoms with Crippen molar-refractivity contribution in [1.29, 1.82) is 0 Å². The monoisotopic (exact) mass is 360 g/mol. The largest absolute Gasteiger partial charge is 0.497 e. The van der Waals surface area contributed by atoms with Crippen molar-refractivity contribution in [2.45, 2.75) is 31.1 Å². The van der Waals surface area contributed by atoms with Gasteiger partial charge in [-0.2, -0.15) is 0 Å². The molecule has 4 nitrogen and oxygen atoms in total. The van der Waals surface area contributed by atoms with Gasteiger partial charge in [0.05, 0.1) is 7.11 Å². The summed E-state index contributed by atoms with van der Waals surface area (Å²) < 4.78 is 32.5. The summed E-state index contributed by atoms with van der Waals surface area (Å²) in [5.74, 6) is -0.820. The third kappa shape index (κ3) is 3.79. The molecule has 138 valence electrons.